The predicted octanol–water partition coefficient (Wildman–Crippen LogP) is 13.2. The van der Waals surface area contributed by atoms with Crippen molar-refractivity contribution in [2.24, 2.45) is 0 Å². The zero-order valence-corrected chi connectivity index (χ0v) is 51.7. The fraction of sp³-hybridized carbons (Fsp3) is 0.448. The maximum atomic E-state index is 15.4. The van der Waals surface area contributed by atoms with Crippen molar-refractivity contribution >= 4 is 58.2 Å². The number of hydrogen-bond acceptors (Lipinski definition) is 10. The number of nitrogens with one attached hydrogen (secondary N) is 1. The smallest absolute Gasteiger partial charge is 0.325 e. The normalized spacial score (nSPS) is 19.0. The van der Waals surface area contributed by atoms with Crippen molar-refractivity contribution in [3.63, 3.8) is 0 Å². The van der Waals surface area contributed by atoms with Gasteiger partial charge in [0.1, 0.15) is 17.4 Å². The van der Waals surface area contributed by atoms with E-state index in [2.05, 4.69) is 84.2 Å². The van der Waals surface area contributed by atoms with E-state index in [1.54, 1.807) is 36.0 Å². The zero-order valence-electron chi connectivity index (χ0n) is 50.2. The average Bonchev–Trinajstić information content (AvgIpc) is 1.97. The van der Waals surface area contributed by atoms with Gasteiger partial charge in [-0.1, -0.05) is 100.0 Å². The molecule has 0 aliphatic carbocycles. The summed E-state index contributed by atoms with van der Waals surface area (Å²) >= 11 is 13.0. The first-order chi connectivity index (χ1) is 40.9. The van der Waals surface area contributed by atoms with Crippen LogP contribution < -0.4 is 25.4 Å². The molecule has 2 saturated heterocycles. The Bertz CT molecular complexity index is 3410. The van der Waals surface area contributed by atoms with Gasteiger partial charge in [0, 0.05) is 91.1 Å². The van der Waals surface area contributed by atoms with E-state index in [1.807, 2.05) is 59.2 Å². The van der Waals surface area contributed by atoms with Gasteiger partial charge in [-0.2, -0.15) is 5.10 Å². The van der Waals surface area contributed by atoms with E-state index in [4.69, 9.17) is 43.5 Å². The van der Waals surface area contributed by atoms with Gasteiger partial charge in [0.15, 0.2) is 0 Å². The molecular formula is C67H81Cl2FN10O5. The molecule has 15 nitrogen and oxygen atoms in total. The van der Waals surface area contributed by atoms with Crippen LogP contribution in [0.4, 0.5) is 20.7 Å². The summed E-state index contributed by atoms with van der Waals surface area (Å²) in [5.41, 5.74) is 14.4. The first-order valence-electron chi connectivity index (χ1n) is 30.2. The molecule has 2 aromatic heterocycles. The zero-order chi connectivity index (χ0) is 60.2. The number of piperazine rings is 1. The SMILES string of the molecule is CCOc1cc(C(C)(C)C)ccc1C1=C[C@@](C)(c2ccc(Cl)cc2)[C@@H](c2ccc(Cl)cc2)N1C(=O)N1CCN(CCCCCCCCC(=O)NCCn2nc3c(c2OC)-c2cnc(N)c(c2)N2CCC[C@@H]2c2cc(F)ccc2C(=O)N(C)C3)CC1. The highest BCUT2D eigenvalue weighted by atomic mass is 35.5. The summed E-state index contributed by atoms with van der Waals surface area (Å²) < 4.78 is 29.0. The molecule has 6 aromatic rings. The number of hydrogen-bond donors (Lipinski definition) is 2. The molecule has 3 atom stereocenters. The monoisotopic (exact) mass is 1190 g/mol. The number of anilines is 2. The third kappa shape index (κ3) is 13.2. The maximum absolute atomic E-state index is 15.4. The maximum Gasteiger partial charge on any atom is 0.325 e. The molecule has 2 fully saturated rings. The van der Waals surface area contributed by atoms with Gasteiger partial charge in [-0.05, 0) is 140 Å². The molecule has 0 radical (unpaired) electrons. The van der Waals surface area contributed by atoms with Crippen molar-refractivity contribution in [3.8, 4) is 22.8 Å². The number of nitrogens with zero attached hydrogens (tertiary/aromatic N) is 8. The predicted molar refractivity (Wildman–Crippen MR) is 336 cm³/mol. The lowest BCUT2D eigenvalue weighted by atomic mass is 9.74. The molecule has 85 heavy (non-hydrogen) atoms. The standard InChI is InChI=1S/C67H81Cl2FN10O5/c1-8-85-58-39-47(66(2,3)4)22-28-52(58)57-41-67(5,46-20-25-49(69)26-21-46)61(44-18-23-48(68)24-19-44)80(57)65(83)77-36-34-76(35-37-77)31-14-12-10-9-11-13-17-59(81)72-30-33-79-64(84-7)60-45-38-56(62(71)73-42-45)78-32-15-16-55(78)53-40-50(70)27-29-51(53)63(82)75(6)43-54(60)74-79/h18-29,38-42,55,61H,8-17,30-37,43H2,1-7H3,(H2,71,73)(H,72,81)/t55-,61-,67+/m1/s1. The lowest BCUT2D eigenvalue weighted by molar-refractivity contribution is -0.121. The number of unbranched alkanes of at least 4 members (excludes halogenated alkanes) is 5. The van der Waals surface area contributed by atoms with Crippen LogP contribution in [0, 0.1) is 5.82 Å². The van der Waals surface area contributed by atoms with Crippen LogP contribution in [0.15, 0.2) is 103 Å². The molecule has 0 unspecified atom stereocenters. The number of rotatable bonds is 18. The van der Waals surface area contributed by atoms with Gasteiger partial charge in [0.25, 0.3) is 5.91 Å². The molecule has 4 aliphatic rings. The van der Waals surface area contributed by atoms with Crippen LogP contribution >= 0.6 is 23.2 Å². The van der Waals surface area contributed by atoms with E-state index < -0.39 is 17.3 Å². The summed E-state index contributed by atoms with van der Waals surface area (Å²) in [6.45, 7) is 16.5. The lowest BCUT2D eigenvalue weighted by Gasteiger charge is -2.42. The molecular weight excluding hydrogens is 1110 g/mol. The number of urea groups is 1. The number of carbonyl (C=O) groups excluding carboxylic acids is 3. The summed E-state index contributed by atoms with van der Waals surface area (Å²) in [5.74, 6) is 0.914. The number of benzene rings is 4. The number of amides is 4. The minimum absolute atomic E-state index is 0.0198. The molecule has 4 aromatic carbocycles. The number of fused-ring (bicyclic) bond motifs is 8. The Hall–Kier alpha value is -7.14. The van der Waals surface area contributed by atoms with Crippen LogP contribution in [0.1, 0.15) is 148 Å². The third-order valence-corrected chi connectivity index (χ3v) is 18.0. The van der Waals surface area contributed by atoms with E-state index >= 15 is 4.79 Å². The van der Waals surface area contributed by atoms with E-state index in [0.29, 0.717) is 95.6 Å². The summed E-state index contributed by atoms with van der Waals surface area (Å²) in [7, 11) is 3.30. The van der Waals surface area contributed by atoms with Crippen LogP contribution in [0.25, 0.3) is 16.8 Å². The fourth-order valence-electron chi connectivity index (χ4n) is 12.9. The van der Waals surface area contributed by atoms with Gasteiger partial charge in [0.05, 0.1) is 61.5 Å². The van der Waals surface area contributed by atoms with Crippen LogP contribution in [0.5, 0.6) is 11.6 Å². The van der Waals surface area contributed by atoms with E-state index in [1.165, 1.54) is 12.1 Å². The molecule has 450 valence electrons. The molecule has 3 N–H and O–H groups in total. The van der Waals surface area contributed by atoms with Crippen molar-refractivity contribution in [1.82, 2.24) is 39.7 Å². The van der Waals surface area contributed by atoms with E-state index in [0.717, 1.165) is 110 Å². The van der Waals surface area contributed by atoms with Crippen molar-refractivity contribution in [3.05, 3.63) is 158 Å². The Morgan fingerprint density at radius 1 is 0.859 bits per heavy atom. The second-order valence-electron chi connectivity index (χ2n) is 24.3. The number of halogens is 3. The number of methoxy groups -OCH3 is 1. The minimum Gasteiger partial charge on any atom is -0.493 e. The van der Waals surface area contributed by atoms with Crippen molar-refractivity contribution in [1.29, 1.82) is 0 Å². The van der Waals surface area contributed by atoms with Crippen LogP contribution in [0.2, 0.25) is 10.0 Å². The number of nitrogen functional groups attached to an aromatic ring is 1. The Kier molecular flexibility index (Phi) is 18.8. The van der Waals surface area contributed by atoms with Gasteiger partial charge in [-0.3, -0.25) is 19.4 Å². The molecule has 18 heteroatoms. The van der Waals surface area contributed by atoms with Gasteiger partial charge in [-0.15, -0.1) is 0 Å². The first kappa shape index (κ1) is 61.0. The number of carbonyl (C=O) groups is 3. The number of ether oxygens (including phenoxy) is 2. The van der Waals surface area contributed by atoms with Gasteiger partial charge in [0.2, 0.25) is 11.8 Å². The molecule has 4 aliphatic heterocycles. The second-order valence-corrected chi connectivity index (χ2v) is 25.2. The number of nitrogens with two attached hydrogens (primary N) is 1. The quantitative estimate of drug-likeness (QED) is 0.0795. The second kappa shape index (κ2) is 26.2. The van der Waals surface area contributed by atoms with Crippen molar-refractivity contribution < 1.29 is 28.2 Å². The molecule has 4 amide bonds. The molecule has 10 rings (SSSR count). The highest BCUT2D eigenvalue weighted by Crippen LogP contribution is 2.54. The Morgan fingerprint density at radius 2 is 1.55 bits per heavy atom. The fourth-order valence-corrected chi connectivity index (χ4v) is 13.2. The van der Waals surface area contributed by atoms with Crippen LogP contribution in [-0.2, 0) is 28.7 Å². The topological polar surface area (TPSA) is 155 Å². The average molecular weight is 1200 g/mol. The lowest BCUT2D eigenvalue weighted by Crippen LogP contribution is -2.53. The number of pyridine rings is 1. The van der Waals surface area contributed by atoms with Gasteiger partial charge in [-0.25, -0.2) is 18.9 Å². The van der Waals surface area contributed by atoms with E-state index in [-0.39, 0.29) is 35.8 Å². The largest absolute Gasteiger partial charge is 0.493 e. The highest BCUT2D eigenvalue weighted by molar-refractivity contribution is 6.30. The first-order valence-corrected chi connectivity index (χ1v) is 30.9. The summed E-state index contributed by atoms with van der Waals surface area (Å²) in [4.78, 5) is 57.5. The van der Waals surface area contributed by atoms with E-state index in [9.17, 15) is 14.0 Å². The van der Waals surface area contributed by atoms with Crippen molar-refractivity contribution in [2.75, 3.05) is 77.2 Å². The van der Waals surface area contributed by atoms with Gasteiger partial charge >= 0.3 is 6.03 Å². The Labute approximate surface area is 510 Å². The van der Waals surface area contributed by atoms with Gasteiger partial charge < -0.3 is 35.2 Å². The Balaban J connectivity index is 0.712. The van der Waals surface area contributed by atoms with Crippen LogP contribution in [-0.4, -0.2) is 119 Å². The molecule has 0 spiro atoms. The third-order valence-electron chi connectivity index (χ3n) is 17.5. The van der Waals surface area contributed by atoms with Crippen LogP contribution in [0.3, 0.4) is 0 Å². The summed E-state index contributed by atoms with van der Waals surface area (Å²) in [6.07, 6.45) is 12.0. The molecule has 0 saturated carbocycles. The molecule has 6 heterocycles. The molecule has 2 bridgehead atoms. The highest BCUT2D eigenvalue weighted by Gasteiger charge is 2.50. The summed E-state index contributed by atoms with van der Waals surface area (Å²) in [5, 5.41) is 9.30. The Morgan fingerprint density at radius 3 is 2.26 bits per heavy atom. The number of aromatic nitrogens is 3. The summed E-state index contributed by atoms with van der Waals surface area (Å²) in [6, 6.07) is 27.9. The van der Waals surface area contributed by atoms with Crippen molar-refractivity contribution in [2.45, 2.75) is 128 Å². The minimum atomic E-state index is -0.645.